The molecular formula is C28H32FN3O6S. The molecule has 208 valence electrons. The lowest BCUT2D eigenvalue weighted by Gasteiger charge is -2.23. The molecule has 1 aliphatic heterocycles. The molecule has 1 fully saturated rings. The highest BCUT2D eigenvalue weighted by atomic mass is 32.2. The number of fused-ring (bicyclic) bond motifs is 1. The molecule has 0 radical (unpaired) electrons. The number of carbonyl (C=O) groups is 3. The molecule has 0 aliphatic carbocycles. The van der Waals surface area contributed by atoms with Gasteiger partial charge >= 0.3 is 0 Å². The van der Waals surface area contributed by atoms with Crippen molar-refractivity contribution in [3.63, 3.8) is 0 Å². The van der Waals surface area contributed by atoms with Crippen LogP contribution in [0.3, 0.4) is 0 Å². The van der Waals surface area contributed by atoms with Crippen molar-refractivity contribution >= 4 is 38.6 Å². The Morgan fingerprint density at radius 2 is 1.90 bits per heavy atom. The van der Waals surface area contributed by atoms with E-state index in [0.717, 1.165) is 21.8 Å². The largest absolute Gasteiger partial charge is 0.451 e. The number of halogens is 1. The summed E-state index contributed by atoms with van der Waals surface area (Å²) in [5.41, 5.74) is 1.22. The first-order valence-electron chi connectivity index (χ1n) is 12.8. The van der Waals surface area contributed by atoms with Gasteiger partial charge in [-0.3, -0.25) is 14.4 Å². The van der Waals surface area contributed by atoms with E-state index in [9.17, 15) is 27.2 Å². The Kier molecular flexibility index (Phi) is 8.51. The number of furan rings is 1. The molecule has 0 bridgehead atoms. The van der Waals surface area contributed by atoms with Crippen LogP contribution in [0.1, 0.15) is 49.2 Å². The SMILES string of the molecule is Cc1c(C(=O)N[C@@H](CC(C)C)C(=O)NC2CCCN(S(=O)(=O)c3cccc(F)c3)CC2=O)oc2ccccc12. The zero-order chi connectivity index (χ0) is 28.3. The van der Waals surface area contributed by atoms with E-state index in [1.807, 2.05) is 26.0 Å². The van der Waals surface area contributed by atoms with Gasteiger partial charge in [-0.1, -0.05) is 38.1 Å². The van der Waals surface area contributed by atoms with Gasteiger partial charge in [0.2, 0.25) is 15.9 Å². The molecule has 1 unspecified atom stereocenters. The van der Waals surface area contributed by atoms with Gasteiger partial charge in [0, 0.05) is 17.5 Å². The van der Waals surface area contributed by atoms with Crippen LogP contribution in [0.25, 0.3) is 11.0 Å². The quantitative estimate of drug-likeness (QED) is 0.436. The predicted molar refractivity (Wildman–Crippen MR) is 143 cm³/mol. The number of para-hydroxylation sites is 1. The molecule has 2 N–H and O–H groups in total. The van der Waals surface area contributed by atoms with Gasteiger partial charge in [0.25, 0.3) is 5.91 Å². The third-order valence-corrected chi connectivity index (χ3v) is 8.59. The van der Waals surface area contributed by atoms with Crippen LogP contribution in [0.5, 0.6) is 0 Å². The number of hydrogen-bond donors (Lipinski definition) is 2. The summed E-state index contributed by atoms with van der Waals surface area (Å²) in [7, 11) is -4.09. The molecular weight excluding hydrogens is 525 g/mol. The lowest BCUT2D eigenvalue weighted by atomic mass is 10.0. The molecule has 2 heterocycles. The molecule has 1 aromatic heterocycles. The maximum absolute atomic E-state index is 13.6. The molecule has 2 amide bonds. The Labute approximate surface area is 226 Å². The average molecular weight is 558 g/mol. The Morgan fingerprint density at radius 3 is 2.59 bits per heavy atom. The minimum Gasteiger partial charge on any atom is -0.451 e. The molecule has 1 saturated heterocycles. The highest BCUT2D eigenvalue weighted by Crippen LogP contribution is 2.25. The lowest BCUT2D eigenvalue weighted by molar-refractivity contribution is -0.129. The molecule has 11 heteroatoms. The second-order valence-electron chi connectivity index (χ2n) is 10.2. The third kappa shape index (κ3) is 6.36. The maximum atomic E-state index is 13.6. The Hall–Kier alpha value is -3.57. The summed E-state index contributed by atoms with van der Waals surface area (Å²) in [6.07, 6.45) is 0.854. The van der Waals surface area contributed by atoms with Crippen molar-refractivity contribution in [1.29, 1.82) is 0 Å². The van der Waals surface area contributed by atoms with Crippen LogP contribution in [0, 0.1) is 18.7 Å². The number of sulfonamides is 1. The Bertz CT molecular complexity index is 1500. The molecule has 9 nitrogen and oxygen atoms in total. The number of benzene rings is 2. The van der Waals surface area contributed by atoms with Crippen LogP contribution in [0.4, 0.5) is 4.39 Å². The maximum Gasteiger partial charge on any atom is 0.287 e. The van der Waals surface area contributed by atoms with Gasteiger partial charge in [0.1, 0.15) is 17.4 Å². The van der Waals surface area contributed by atoms with Crippen molar-refractivity contribution in [1.82, 2.24) is 14.9 Å². The number of rotatable bonds is 8. The number of amides is 2. The summed E-state index contributed by atoms with van der Waals surface area (Å²) in [6, 6.07) is 10.00. The van der Waals surface area contributed by atoms with Gasteiger partial charge < -0.3 is 15.1 Å². The summed E-state index contributed by atoms with van der Waals surface area (Å²) >= 11 is 0. The van der Waals surface area contributed by atoms with Crippen LogP contribution in [0.15, 0.2) is 57.8 Å². The number of ketones is 1. The van der Waals surface area contributed by atoms with E-state index in [4.69, 9.17) is 4.42 Å². The number of Topliss-reactive ketones (excluding diaryl/α,β-unsaturated/α-hetero) is 1. The lowest BCUT2D eigenvalue weighted by Crippen LogP contribution is -2.52. The summed E-state index contributed by atoms with van der Waals surface area (Å²) < 4.78 is 46.4. The number of nitrogens with zero attached hydrogens (tertiary/aromatic N) is 1. The van der Waals surface area contributed by atoms with Crippen LogP contribution < -0.4 is 10.6 Å². The van der Waals surface area contributed by atoms with E-state index < -0.39 is 52.1 Å². The van der Waals surface area contributed by atoms with Crippen molar-refractivity contribution in [2.75, 3.05) is 13.1 Å². The molecule has 1 aliphatic rings. The van der Waals surface area contributed by atoms with Crippen molar-refractivity contribution in [2.24, 2.45) is 5.92 Å². The fraction of sp³-hybridized carbons (Fsp3) is 0.393. The van der Waals surface area contributed by atoms with Gasteiger partial charge in [-0.05, 0) is 56.4 Å². The number of hydrogen-bond acceptors (Lipinski definition) is 6. The van der Waals surface area contributed by atoms with Gasteiger partial charge in [-0.2, -0.15) is 4.31 Å². The summed E-state index contributed by atoms with van der Waals surface area (Å²) in [5.74, 6) is -2.09. The van der Waals surface area contributed by atoms with E-state index in [1.165, 1.54) is 12.1 Å². The van der Waals surface area contributed by atoms with Crippen molar-refractivity contribution < 1.29 is 31.6 Å². The molecule has 39 heavy (non-hydrogen) atoms. The highest BCUT2D eigenvalue weighted by Gasteiger charge is 2.35. The normalized spacial score (nSPS) is 17.7. The summed E-state index contributed by atoms with van der Waals surface area (Å²) in [4.78, 5) is 39.2. The smallest absolute Gasteiger partial charge is 0.287 e. The first-order valence-corrected chi connectivity index (χ1v) is 14.3. The van der Waals surface area contributed by atoms with Crippen molar-refractivity contribution in [2.45, 2.75) is 57.0 Å². The van der Waals surface area contributed by atoms with Crippen molar-refractivity contribution in [3.8, 4) is 0 Å². The fourth-order valence-electron chi connectivity index (χ4n) is 4.72. The molecule has 4 rings (SSSR count). The number of nitrogens with one attached hydrogen (secondary N) is 2. The molecule has 0 saturated carbocycles. The van der Waals surface area contributed by atoms with Crippen LogP contribution in [0.2, 0.25) is 0 Å². The molecule has 2 atom stereocenters. The van der Waals surface area contributed by atoms with E-state index >= 15 is 0 Å². The van der Waals surface area contributed by atoms with Gasteiger partial charge in [0.15, 0.2) is 11.5 Å². The zero-order valence-corrected chi connectivity index (χ0v) is 22.9. The van der Waals surface area contributed by atoms with E-state index in [0.29, 0.717) is 24.0 Å². The first kappa shape index (κ1) is 28.4. The molecule has 2 aromatic carbocycles. The fourth-order valence-corrected chi connectivity index (χ4v) is 6.20. The van der Waals surface area contributed by atoms with Gasteiger partial charge in [-0.15, -0.1) is 0 Å². The van der Waals surface area contributed by atoms with E-state index in [1.54, 1.807) is 19.1 Å². The second kappa shape index (κ2) is 11.7. The summed E-state index contributed by atoms with van der Waals surface area (Å²) in [5, 5.41) is 6.27. The van der Waals surface area contributed by atoms with Crippen molar-refractivity contribution in [3.05, 3.63) is 65.7 Å². The number of carbonyl (C=O) groups excluding carboxylic acids is 3. The Morgan fingerprint density at radius 1 is 1.15 bits per heavy atom. The van der Waals surface area contributed by atoms with E-state index in [2.05, 4.69) is 10.6 Å². The monoisotopic (exact) mass is 557 g/mol. The first-order chi connectivity index (χ1) is 18.5. The zero-order valence-electron chi connectivity index (χ0n) is 22.1. The summed E-state index contributed by atoms with van der Waals surface area (Å²) in [6.45, 7) is 5.18. The third-order valence-electron chi connectivity index (χ3n) is 6.75. The topological polar surface area (TPSA) is 126 Å². The van der Waals surface area contributed by atoms with Crippen LogP contribution in [-0.2, 0) is 19.6 Å². The molecule has 3 aromatic rings. The molecule has 0 spiro atoms. The van der Waals surface area contributed by atoms with E-state index in [-0.39, 0.29) is 29.5 Å². The average Bonchev–Trinajstić information content (AvgIpc) is 3.11. The van der Waals surface area contributed by atoms with Gasteiger partial charge in [-0.25, -0.2) is 12.8 Å². The minimum atomic E-state index is -4.09. The van der Waals surface area contributed by atoms with Crippen LogP contribution >= 0.6 is 0 Å². The highest BCUT2D eigenvalue weighted by molar-refractivity contribution is 7.89. The van der Waals surface area contributed by atoms with Crippen LogP contribution in [-0.4, -0.2) is 55.5 Å². The second-order valence-corrected chi connectivity index (χ2v) is 12.1. The van der Waals surface area contributed by atoms with Gasteiger partial charge in [0.05, 0.1) is 17.5 Å². The number of aryl methyl sites for hydroxylation is 1. The standard InChI is InChI=1S/C28H32FN3O6S/c1-17(2)14-23(31-28(35)26-18(3)21-10-4-5-12-25(21)38-26)27(34)30-22-11-7-13-32(16-24(22)33)39(36,37)20-9-6-8-19(29)15-20/h4-6,8-10,12,15,17,22-23H,7,11,13-14,16H2,1-3H3,(H,30,34)(H,31,35)/t22?,23-/m0/s1. The minimum absolute atomic E-state index is 0.0500. The predicted octanol–water partition coefficient (Wildman–Crippen LogP) is 3.56. The Balaban J connectivity index is 1.46.